The van der Waals surface area contributed by atoms with E-state index in [0.717, 1.165) is 63.4 Å². The molecule has 210 valence electrons. The molecule has 4 aromatic rings. The van der Waals surface area contributed by atoms with Crippen LogP contribution in [-0.2, 0) is 9.47 Å². The second kappa shape index (κ2) is 11.0. The Kier molecular flexibility index (Phi) is 7.44. The van der Waals surface area contributed by atoms with Gasteiger partial charge in [-0.25, -0.2) is 14.5 Å². The van der Waals surface area contributed by atoms with Gasteiger partial charge in [0.1, 0.15) is 17.4 Å². The number of benzene rings is 2. The number of ether oxygens (including phenoxy) is 3. The number of amides is 1. The minimum atomic E-state index is -0.510. The van der Waals surface area contributed by atoms with Gasteiger partial charge in [0.15, 0.2) is 6.23 Å². The fourth-order valence-corrected chi connectivity index (χ4v) is 5.82. The largest absolute Gasteiger partial charge is 0.474 e. The average Bonchev–Trinajstić information content (AvgIpc) is 3.31. The fraction of sp³-hybridized carbons (Fsp3) is 0.452. The zero-order valence-electron chi connectivity index (χ0n) is 23.2. The maximum absolute atomic E-state index is 12.5. The topological polar surface area (TPSA) is 78.7 Å². The normalized spacial score (nSPS) is 18.8. The van der Waals surface area contributed by atoms with Crippen molar-refractivity contribution in [3.05, 3.63) is 53.0 Å². The van der Waals surface area contributed by atoms with E-state index in [1.54, 1.807) is 4.90 Å². The number of pyridine rings is 1. The predicted octanol–water partition coefficient (Wildman–Crippen LogP) is 7.49. The van der Waals surface area contributed by atoms with Crippen molar-refractivity contribution in [2.24, 2.45) is 0 Å². The van der Waals surface area contributed by atoms with Crippen LogP contribution < -0.4 is 4.74 Å². The molecule has 6 rings (SSSR count). The third-order valence-electron chi connectivity index (χ3n) is 7.42. The van der Waals surface area contributed by atoms with Gasteiger partial charge in [0.25, 0.3) is 0 Å². The van der Waals surface area contributed by atoms with Crippen LogP contribution in [0.2, 0.25) is 0 Å². The molecule has 2 saturated heterocycles. The Bertz CT molecular complexity index is 1530. The van der Waals surface area contributed by atoms with Crippen molar-refractivity contribution in [1.29, 1.82) is 0 Å². The summed E-state index contributed by atoms with van der Waals surface area (Å²) in [6.45, 7) is 7.58. The monoisotopic (exact) mass is 606 g/mol. The lowest BCUT2D eigenvalue weighted by Gasteiger charge is -2.33. The summed E-state index contributed by atoms with van der Waals surface area (Å²) in [5, 5.41) is 8.09. The molecule has 0 N–H and O–H groups in total. The highest BCUT2D eigenvalue weighted by atomic mass is 79.9. The highest BCUT2D eigenvalue weighted by Gasteiger charge is 2.29. The lowest BCUT2D eigenvalue weighted by molar-refractivity contribution is -0.0365. The average molecular weight is 608 g/mol. The number of halogens is 1. The lowest BCUT2D eigenvalue weighted by Crippen LogP contribution is -2.44. The summed E-state index contributed by atoms with van der Waals surface area (Å²) in [4.78, 5) is 19.3. The van der Waals surface area contributed by atoms with E-state index in [1.165, 1.54) is 0 Å². The molecule has 2 aromatic heterocycles. The summed E-state index contributed by atoms with van der Waals surface area (Å²) in [7, 11) is 0. The summed E-state index contributed by atoms with van der Waals surface area (Å²) in [5.74, 6) is 0.593. The predicted molar refractivity (Wildman–Crippen MR) is 158 cm³/mol. The summed E-state index contributed by atoms with van der Waals surface area (Å²) >= 11 is 3.65. The van der Waals surface area contributed by atoms with Crippen molar-refractivity contribution in [2.45, 2.75) is 70.8 Å². The maximum Gasteiger partial charge on any atom is 0.410 e. The fourth-order valence-electron chi connectivity index (χ4n) is 5.46. The quantitative estimate of drug-likeness (QED) is 0.239. The number of aromatic nitrogens is 3. The SMILES string of the molecule is CC(C)(C)OC(=O)N1CCC(Oc2nc(-c3nn(C4CCCCO4)c4ccc(Br)cc34)cc3ccccc23)CC1. The van der Waals surface area contributed by atoms with Crippen LogP contribution >= 0.6 is 15.9 Å². The Hall–Kier alpha value is -3.17. The highest BCUT2D eigenvalue weighted by Crippen LogP contribution is 2.37. The molecule has 1 atom stereocenters. The number of nitrogens with zero attached hydrogens (tertiary/aromatic N) is 4. The van der Waals surface area contributed by atoms with E-state index >= 15 is 0 Å². The number of fused-ring (bicyclic) bond motifs is 2. The smallest absolute Gasteiger partial charge is 0.410 e. The lowest BCUT2D eigenvalue weighted by atomic mass is 10.1. The number of piperidine rings is 1. The Morgan fingerprint density at radius 3 is 2.58 bits per heavy atom. The van der Waals surface area contributed by atoms with Gasteiger partial charge >= 0.3 is 6.09 Å². The maximum atomic E-state index is 12.5. The van der Waals surface area contributed by atoms with Gasteiger partial charge in [-0.1, -0.05) is 34.1 Å². The van der Waals surface area contributed by atoms with Gasteiger partial charge in [0.2, 0.25) is 5.88 Å². The van der Waals surface area contributed by atoms with Gasteiger partial charge < -0.3 is 19.1 Å². The van der Waals surface area contributed by atoms with Crippen LogP contribution in [0.5, 0.6) is 5.88 Å². The van der Waals surface area contributed by atoms with E-state index in [1.807, 2.05) is 49.7 Å². The standard InChI is InChI=1S/C31H35BrN4O4/c1-31(2,3)40-30(37)35-15-13-22(14-16-35)39-29-23-9-5-4-8-20(23)18-25(33-29)28-24-19-21(32)11-12-26(24)36(34-28)27-10-6-7-17-38-27/h4-5,8-9,11-12,18-19,22,27H,6-7,10,13-17H2,1-3H3. The summed E-state index contributed by atoms with van der Waals surface area (Å²) in [6, 6.07) is 16.5. The zero-order chi connectivity index (χ0) is 27.9. The summed E-state index contributed by atoms with van der Waals surface area (Å²) < 4.78 is 21.2. The van der Waals surface area contributed by atoms with E-state index in [2.05, 4.69) is 40.2 Å². The first-order valence-corrected chi connectivity index (χ1v) is 14.9. The van der Waals surface area contributed by atoms with E-state index in [9.17, 15) is 4.79 Å². The zero-order valence-corrected chi connectivity index (χ0v) is 24.8. The van der Waals surface area contributed by atoms with Gasteiger partial charge in [0, 0.05) is 47.8 Å². The molecule has 9 heteroatoms. The minimum absolute atomic E-state index is 0.0519. The number of carbonyl (C=O) groups excluding carboxylic acids is 1. The molecule has 8 nitrogen and oxygen atoms in total. The Labute approximate surface area is 242 Å². The molecule has 4 heterocycles. The van der Waals surface area contributed by atoms with Crippen LogP contribution in [0.25, 0.3) is 33.1 Å². The molecule has 1 unspecified atom stereocenters. The summed E-state index contributed by atoms with van der Waals surface area (Å²) in [6.07, 6.45) is 4.16. The first-order valence-electron chi connectivity index (χ1n) is 14.1. The van der Waals surface area contributed by atoms with Gasteiger partial charge in [0.05, 0.1) is 11.2 Å². The van der Waals surface area contributed by atoms with Crippen molar-refractivity contribution in [1.82, 2.24) is 19.7 Å². The number of hydrogen-bond acceptors (Lipinski definition) is 6. The molecular formula is C31H35BrN4O4. The van der Waals surface area contributed by atoms with E-state index in [4.69, 9.17) is 24.3 Å². The molecule has 2 aliphatic rings. The van der Waals surface area contributed by atoms with Crippen molar-refractivity contribution in [3.63, 3.8) is 0 Å². The van der Waals surface area contributed by atoms with Crippen molar-refractivity contribution >= 4 is 43.7 Å². The van der Waals surface area contributed by atoms with Gasteiger partial charge in [-0.2, -0.15) is 5.10 Å². The third-order valence-corrected chi connectivity index (χ3v) is 7.91. The van der Waals surface area contributed by atoms with Crippen LogP contribution in [0.15, 0.2) is 53.0 Å². The highest BCUT2D eigenvalue weighted by molar-refractivity contribution is 9.10. The number of rotatable bonds is 4. The molecule has 0 aliphatic carbocycles. The Morgan fingerprint density at radius 1 is 1.02 bits per heavy atom. The first-order chi connectivity index (χ1) is 19.2. The van der Waals surface area contributed by atoms with Crippen LogP contribution in [-0.4, -0.2) is 57.2 Å². The number of carbonyl (C=O) groups is 1. The second-order valence-electron chi connectivity index (χ2n) is 11.6. The van der Waals surface area contributed by atoms with Gasteiger partial charge in [-0.15, -0.1) is 0 Å². The van der Waals surface area contributed by atoms with Crippen molar-refractivity contribution in [3.8, 4) is 17.3 Å². The first kappa shape index (κ1) is 27.0. The molecule has 0 radical (unpaired) electrons. The van der Waals surface area contributed by atoms with Crippen LogP contribution in [0.3, 0.4) is 0 Å². The van der Waals surface area contributed by atoms with Crippen molar-refractivity contribution in [2.75, 3.05) is 19.7 Å². The second-order valence-corrected chi connectivity index (χ2v) is 12.5. The van der Waals surface area contributed by atoms with E-state index < -0.39 is 5.60 Å². The Morgan fingerprint density at radius 2 is 1.82 bits per heavy atom. The van der Waals surface area contributed by atoms with Gasteiger partial charge in [-0.05, 0) is 75.8 Å². The Balaban J connectivity index is 1.32. The van der Waals surface area contributed by atoms with Crippen molar-refractivity contribution < 1.29 is 19.0 Å². The molecule has 2 aromatic carbocycles. The van der Waals surface area contributed by atoms with E-state index in [-0.39, 0.29) is 18.4 Å². The molecule has 1 amide bonds. The van der Waals surface area contributed by atoms with Crippen LogP contribution in [0.4, 0.5) is 4.79 Å². The molecule has 2 aliphatic heterocycles. The number of hydrogen-bond donors (Lipinski definition) is 0. The van der Waals surface area contributed by atoms with Crippen LogP contribution in [0, 0.1) is 0 Å². The molecular weight excluding hydrogens is 572 g/mol. The molecule has 40 heavy (non-hydrogen) atoms. The minimum Gasteiger partial charge on any atom is -0.474 e. The molecule has 0 spiro atoms. The molecule has 2 fully saturated rings. The van der Waals surface area contributed by atoms with E-state index in [0.29, 0.717) is 31.8 Å². The summed E-state index contributed by atoms with van der Waals surface area (Å²) in [5.41, 5.74) is 2.08. The van der Waals surface area contributed by atoms with Gasteiger partial charge in [-0.3, -0.25) is 0 Å². The van der Waals surface area contributed by atoms with Crippen LogP contribution in [0.1, 0.15) is 59.1 Å². The number of likely N-dealkylation sites (tertiary alicyclic amines) is 1. The molecule has 0 saturated carbocycles. The molecule has 0 bridgehead atoms. The third kappa shape index (κ3) is 5.67.